The van der Waals surface area contributed by atoms with Crippen LogP contribution in [0.25, 0.3) is 0 Å². The van der Waals surface area contributed by atoms with Crippen LogP contribution >= 0.6 is 0 Å². The molecular weight excluding hydrogens is 270 g/mol. The van der Waals surface area contributed by atoms with Crippen molar-refractivity contribution in [2.45, 2.75) is 13.1 Å². The number of carbonyl (C=O) groups excluding carboxylic acids is 1. The van der Waals surface area contributed by atoms with Gasteiger partial charge in [-0.05, 0) is 23.3 Å². The van der Waals surface area contributed by atoms with Gasteiger partial charge in [-0.1, -0.05) is 24.3 Å². The number of amides is 2. The number of rotatable bonds is 1. The van der Waals surface area contributed by atoms with E-state index in [4.69, 9.17) is 10.8 Å². The Balaban J connectivity index is 0.000000161. The first kappa shape index (κ1) is 14.5. The number of nitrogens with two attached hydrogens (primary N) is 1. The van der Waals surface area contributed by atoms with E-state index in [9.17, 15) is 9.59 Å². The van der Waals surface area contributed by atoms with Crippen LogP contribution < -0.4 is 5.73 Å². The van der Waals surface area contributed by atoms with E-state index < -0.39 is 12.0 Å². The van der Waals surface area contributed by atoms with Crippen LogP contribution in [0.1, 0.15) is 21.5 Å². The number of nitrogens with zero attached hydrogens (tertiary/aromatic N) is 2. The van der Waals surface area contributed by atoms with Crippen LogP contribution in [0.2, 0.25) is 0 Å². The van der Waals surface area contributed by atoms with Crippen LogP contribution in [0.15, 0.2) is 48.8 Å². The number of fused-ring (bicyclic) bond motifs is 1. The van der Waals surface area contributed by atoms with E-state index in [1.807, 2.05) is 24.3 Å². The molecule has 0 saturated carbocycles. The highest BCUT2D eigenvalue weighted by molar-refractivity contribution is 5.92. The van der Waals surface area contributed by atoms with Crippen molar-refractivity contribution in [2.75, 3.05) is 0 Å². The summed E-state index contributed by atoms with van der Waals surface area (Å²) in [4.78, 5) is 26.1. The lowest BCUT2D eigenvalue weighted by Crippen LogP contribution is -2.22. The Labute approximate surface area is 121 Å². The number of benzene rings is 1. The van der Waals surface area contributed by atoms with E-state index in [-0.39, 0.29) is 0 Å². The van der Waals surface area contributed by atoms with E-state index in [1.165, 1.54) is 11.1 Å². The summed E-state index contributed by atoms with van der Waals surface area (Å²) in [6.07, 6.45) is 2.18. The summed E-state index contributed by atoms with van der Waals surface area (Å²) in [5.74, 6) is -0.442. The molecule has 0 atom stereocenters. The van der Waals surface area contributed by atoms with Crippen molar-refractivity contribution in [3.05, 3.63) is 65.5 Å². The fourth-order valence-electron chi connectivity index (χ4n) is 1.98. The molecule has 0 spiro atoms. The zero-order valence-electron chi connectivity index (χ0n) is 11.3. The highest BCUT2D eigenvalue weighted by atomic mass is 16.4. The second-order valence-corrected chi connectivity index (χ2v) is 4.51. The molecule has 0 bridgehead atoms. The molecule has 108 valence electrons. The Kier molecular flexibility index (Phi) is 4.50. The molecule has 0 aliphatic carbocycles. The third-order valence-electron chi connectivity index (χ3n) is 3.06. The van der Waals surface area contributed by atoms with Crippen LogP contribution in [-0.4, -0.2) is 27.0 Å². The molecule has 3 N–H and O–H groups in total. The third-order valence-corrected chi connectivity index (χ3v) is 3.06. The predicted octanol–water partition coefficient (Wildman–Crippen LogP) is 1.86. The van der Waals surface area contributed by atoms with E-state index >= 15 is 0 Å². The fraction of sp³-hybridized carbons (Fsp3) is 0.133. The number of primary amides is 1. The fourth-order valence-corrected chi connectivity index (χ4v) is 1.98. The summed E-state index contributed by atoms with van der Waals surface area (Å²) in [6, 6.07) is 11.1. The second-order valence-electron chi connectivity index (χ2n) is 4.51. The zero-order valence-corrected chi connectivity index (χ0v) is 11.3. The van der Waals surface area contributed by atoms with Crippen LogP contribution in [0, 0.1) is 0 Å². The monoisotopic (exact) mass is 285 g/mol. The number of aromatic nitrogens is 1. The molecule has 1 aliphatic heterocycles. The van der Waals surface area contributed by atoms with Gasteiger partial charge in [0.25, 0.3) is 0 Å². The topological polar surface area (TPSA) is 96.5 Å². The Morgan fingerprint density at radius 3 is 2.10 bits per heavy atom. The largest absolute Gasteiger partial charge is 0.465 e. The quantitative estimate of drug-likeness (QED) is 0.835. The molecular formula is C15H15N3O3. The smallest absolute Gasteiger partial charge is 0.407 e. The molecule has 6 nitrogen and oxygen atoms in total. The zero-order chi connectivity index (χ0) is 15.2. The van der Waals surface area contributed by atoms with Gasteiger partial charge in [0.05, 0.1) is 5.56 Å². The molecule has 21 heavy (non-hydrogen) atoms. The van der Waals surface area contributed by atoms with Crippen molar-refractivity contribution >= 4 is 12.0 Å². The normalized spacial score (nSPS) is 12.1. The molecule has 1 aromatic heterocycles. The summed E-state index contributed by atoms with van der Waals surface area (Å²) >= 11 is 0. The first-order chi connectivity index (χ1) is 10.1. The average Bonchev–Trinajstić information content (AvgIpc) is 2.93. The number of pyridine rings is 1. The van der Waals surface area contributed by atoms with Crippen LogP contribution in [0.5, 0.6) is 0 Å². The van der Waals surface area contributed by atoms with Gasteiger partial charge >= 0.3 is 6.09 Å². The molecule has 2 heterocycles. The van der Waals surface area contributed by atoms with Gasteiger partial charge in [0.2, 0.25) is 5.91 Å². The number of carboxylic acid groups (broad SMARTS) is 1. The molecule has 0 radical (unpaired) electrons. The molecule has 2 aromatic rings. The predicted molar refractivity (Wildman–Crippen MR) is 76.5 cm³/mol. The van der Waals surface area contributed by atoms with Gasteiger partial charge in [-0.25, -0.2) is 4.79 Å². The highest BCUT2D eigenvalue weighted by Gasteiger charge is 2.21. The molecule has 1 aliphatic rings. The van der Waals surface area contributed by atoms with Gasteiger partial charge in [-0.15, -0.1) is 0 Å². The second kappa shape index (κ2) is 6.51. The summed E-state index contributed by atoms with van der Waals surface area (Å²) in [5.41, 5.74) is 7.63. The molecule has 0 unspecified atom stereocenters. The van der Waals surface area contributed by atoms with E-state index in [0.29, 0.717) is 18.7 Å². The number of hydrogen-bond acceptors (Lipinski definition) is 3. The molecule has 0 fully saturated rings. The maximum absolute atomic E-state index is 10.6. The molecule has 3 rings (SSSR count). The van der Waals surface area contributed by atoms with Gasteiger partial charge in [-0.3, -0.25) is 14.7 Å². The van der Waals surface area contributed by atoms with Crippen molar-refractivity contribution in [1.29, 1.82) is 0 Å². The first-order valence-electron chi connectivity index (χ1n) is 6.32. The van der Waals surface area contributed by atoms with Crippen molar-refractivity contribution in [3.63, 3.8) is 0 Å². The lowest BCUT2D eigenvalue weighted by Gasteiger charge is -2.08. The van der Waals surface area contributed by atoms with E-state index in [0.717, 1.165) is 11.1 Å². The van der Waals surface area contributed by atoms with Crippen molar-refractivity contribution in [3.8, 4) is 0 Å². The maximum atomic E-state index is 10.6. The minimum Gasteiger partial charge on any atom is -0.465 e. The maximum Gasteiger partial charge on any atom is 0.407 e. The van der Waals surface area contributed by atoms with E-state index in [2.05, 4.69) is 4.98 Å². The number of hydrogen-bond donors (Lipinski definition) is 2. The Morgan fingerprint density at radius 1 is 1.10 bits per heavy atom. The average molecular weight is 285 g/mol. The highest BCUT2D eigenvalue weighted by Crippen LogP contribution is 2.21. The first-order valence-corrected chi connectivity index (χ1v) is 6.32. The Hall–Kier alpha value is -2.89. The van der Waals surface area contributed by atoms with Crippen LogP contribution in [-0.2, 0) is 13.1 Å². The van der Waals surface area contributed by atoms with Crippen LogP contribution in [0.4, 0.5) is 4.79 Å². The van der Waals surface area contributed by atoms with E-state index in [1.54, 1.807) is 18.3 Å². The minimum absolute atomic E-state index is 0.442. The lowest BCUT2D eigenvalue weighted by atomic mass is 10.1. The van der Waals surface area contributed by atoms with Crippen LogP contribution in [0.3, 0.4) is 0 Å². The Bertz CT molecular complexity index is 619. The standard InChI is InChI=1S/C9H9NO2.C6H6N2O/c11-9(12)10-5-7-3-1-2-4-8(7)6-10;7-6(9)5-2-1-3-8-4-5/h1-4H,5-6H2,(H,11,12);1-4H,(H2,7,9). The van der Waals surface area contributed by atoms with Gasteiger partial charge in [0.15, 0.2) is 0 Å². The van der Waals surface area contributed by atoms with Crippen molar-refractivity contribution in [1.82, 2.24) is 9.88 Å². The molecule has 2 amide bonds. The number of carbonyl (C=O) groups is 2. The Morgan fingerprint density at radius 2 is 1.71 bits per heavy atom. The SMILES string of the molecule is NC(=O)c1cccnc1.O=C(O)N1Cc2ccccc2C1. The summed E-state index contributed by atoms with van der Waals surface area (Å²) in [5, 5.41) is 8.71. The van der Waals surface area contributed by atoms with Gasteiger partial charge in [0.1, 0.15) is 0 Å². The lowest BCUT2D eigenvalue weighted by molar-refractivity contribution is 0.1000. The summed E-state index contributed by atoms with van der Waals surface area (Å²) in [6.45, 7) is 1.07. The van der Waals surface area contributed by atoms with Gasteiger partial charge in [-0.2, -0.15) is 0 Å². The van der Waals surface area contributed by atoms with Crippen molar-refractivity contribution < 1.29 is 14.7 Å². The summed E-state index contributed by atoms with van der Waals surface area (Å²) < 4.78 is 0. The van der Waals surface area contributed by atoms with Crippen molar-refractivity contribution in [2.24, 2.45) is 5.73 Å². The minimum atomic E-state index is -0.841. The molecule has 1 aromatic carbocycles. The molecule has 6 heteroatoms. The van der Waals surface area contributed by atoms with Gasteiger partial charge < -0.3 is 10.8 Å². The molecule has 0 saturated heterocycles. The van der Waals surface area contributed by atoms with Gasteiger partial charge in [0, 0.05) is 25.5 Å². The summed E-state index contributed by atoms with van der Waals surface area (Å²) in [7, 11) is 0. The third kappa shape index (κ3) is 3.79.